The molecule has 0 aliphatic carbocycles. The van der Waals surface area contributed by atoms with E-state index in [1.165, 1.54) is 9.80 Å². The van der Waals surface area contributed by atoms with Gasteiger partial charge >= 0.3 is 11.8 Å². The number of rotatable bonds is 2. The third-order valence-electron chi connectivity index (χ3n) is 3.54. The molecule has 6 nitrogen and oxygen atoms in total. The second kappa shape index (κ2) is 4.87. The lowest BCUT2D eigenvalue weighted by molar-refractivity contribution is -0.155. The molecule has 0 radical (unpaired) electrons. The van der Waals surface area contributed by atoms with Gasteiger partial charge in [-0.3, -0.25) is 14.6 Å². The molecule has 1 saturated heterocycles. The molecule has 2 N–H and O–H groups in total. The number of pyridine rings is 1. The number of aryl methyl sites for hydroxylation is 1. The van der Waals surface area contributed by atoms with Crippen molar-refractivity contribution in [2.24, 2.45) is 0 Å². The van der Waals surface area contributed by atoms with Crippen LogP contribution >= 0.6 is 0 Å². The highest BCUT2D eigenvalue weighted by Gasteiger charge is 2.30. The fraction of sp³-hybridized carbons (Fsp3) is 0.462. The van der Waals surface area contributed by atoms with E-state index >= 15 is 0 Å². The van der Waals surface area contributed by atoms with Gasteiger partial charge in [-0.1, -0.05) is 0 Å². The van der Waals surface area contributed by atoms with Crippen molar-refractivity contribution < 1.29 is 9.59 Å². The summed E-state index contributed by atoms with van der Waals surface area (Å²) in [6.45, 7) is 5.17. The van der Waals surface area contributed by atoms with Crippen LogP contribution < -0.4 is 5.73 Å². The van der Waals surface area contributed by atoms with Crippen molar-refractivity contribution in [1.82, 2.24) is 14.8 Å². The molecule has 0 saturated carbocycles. The van der Waals surface area contributed by atoms with Crippen molar-refractivity contribution in [2.45, 2.75) is 20.4 Å². The SMILES string of the molecule is Cc1cnc(CN2CCN(C)C(=O)C2=O)c(C)c1N. The molecule has 0 atom stereocenters. The van der Waals surface area contributed by atoms with Gasteiger partial charge in [-0.15, -0.1) is 0 Å². The Morgan fingerprint density at radius 3 is 2.63 bits per heavy atom. The summed E-state index contributed by atoms with van der Waals surface area (Å²) >= 11 is 0. The fourth-order valence-electron chi connectivity index (χ4n) is 2.06. The van der Waals surface area contributed by atoms with Crippen LogP contribution in [-0.2, 0) is 16.1 Å². The standard InChI is InChI=1S/C13H18N4O2/c1-8-6-15-10(9(2)11(8)14)7-17-5-4-16(3)12(18)13(17)19/h6H,4-5,7H2,1-3H3,(H2,14,15). The Balaban J connectivity index is 2.20. The molecule has 1 fully saturated rings. The second-order valence-corrected chi connectivity index (χ2v) is 4.88. The Labute approximate surface area is 112 Å². The highest BCUT2D eigenvalue weighted by atomic mass is 16.2. The van der Waals surface area contributed by atoms with E-state index in [1.807, 2.05) is 13.8 Å². The fourth-order valence-corrected chi connectivity index (χ4v) is 2.06. The summed E-state index contributed by atoms with van der Waals surface area (Å²) in [5.41, 5.74) is 9.18. The molecular formula is C13H18N4O2. The molecule has 1 aliphatic rings. The molecule has 2 heterocycles. The van der Waals surface area contributed by atoms with E-state index in [1.54, 1.807) is 13.2 Å². The first-order valence-corrected chi connectivity index (χ1v) is 6.16. The van der Waals surface area contributed by atoms with Gasteiger partial charge in [-0.2, -0.15) is 0 Å². The van der Waals surface area contributed by atoms with Crippen molar-refractivity contribution in [3.05, 3.63) is 23.0 Å². The molecule has 0 aromatic carbocycles. The largest absolute Gasteiger partial charge is 0.398 e. The van der Waals surface area contributed by atoms with Gasteiger partial charge in [-0.05, 0) is 25.0 Å². The zero-order chi connectivity index (χ0) is 14.2. The lowest BCUT2D eigenvalue weighted by atomic mass is 10.1. The first kappa shape index (κ1) is 13.3. The summed E-state index contributed by atoms with van der Waals surface area (Å²) in [6, 6.07) is 0. The average molecular weight is 262 g/mol. The van der Waals surface area contributed by atoms with E-state index in [9.17, 15) is 9.59 Å². The monoisotopic (exact) mass is 262 g/mol. The van der Waals surface area contributed by atoms with Gasteiger partial charge in [0, 0.05) is 32.0 Å². The van der Waals surface area contributed by atoms with Crippen LogP contribution in [0.25, 0.3) is 0 Å². The molecule has 102 valence electrons. The van der Waals surface area contributed by atoms with Gasteiger partial charge in [-0.25, -0.2) is 0 Å². The quantitative estimate of drug-likeness (QED) is 0.766. The van der Waals surface area contributed by atoms with Crippen LogP contribution in [0.2, 0.25) is 0 Å². The molecule has 0 spiro atoms. The minimum atomic E-state index is -0.478. The number of nitrogen functional groups attached to an aromatic ring is 1. The normalized spacial score (nSPS) is 16.2. The van der Waals surface area contributed by atoms with Crippen LogP contribution in [0.4, 0.5) is 5.69 Å². The van der Waals surface area contributed by atoms with Crippen LogP contribution in [0.5, 0.6) is 0 Å². The summed E-state index contributed by atoms with van der Waals surface area (Å²) < 4.78 is 0. The Morgan fingerprint density at radius 1 is 1.26 bits per heavy atom. The Hall–Kier alpha value is -2.11. The molecular weight excluding hydrogens is 244 g/mol. The number of piperazine rings is 1. The zero-order valence-electron chi connectivity index (χ0n) is 11.4. The molecule has 19 heavy (non-hydrogen) atoms. The van der Waals surface area contributed by atoms with Crippen LogP contribution in [0, 0.1) is 13.8 Å². The Kier molecular flexibility index (Phi) is 3.42. The van der Waals surface area contributed by atoms with Crippen LogP contribution in [0.3, 0.4) is 0 Å². The van der Waals surface area contributed by atoms with E-state index in [0.29, 0.717) is 25.3 Å². The highest BCUT2D eigenvalue weighted by molar-refractivity contribution is 6.35. The van der Waals surface area contributed by atoms with Crippen molar-refractivity contribution in [1.29, 1.82) is 0 Å². The number of hydrogen-bond acceptors (Lipinski definition) is 4. The number of aromatic nitrogens is 1. The van der Waals surface area contributed by atoms with Crippen LogP contribution in [0.1, 0.15) is 16.8 Å². The molecule has 1 aliphatic heterocycles. The summed E-state index contributed by atoms with van der Waals surface area (Å²) in [5, 5.41) is 0. The summed E-state index contributed by atoms with van der Waals surface area (Å²) in [5.74, 6) is -0.946. The smallest absolute Gasteiger partial charge is 0.312 e. The number of nitrogens with zero attached hydrogens (tertiary/aromatic N) is 3. The van der Waals surface area contributed by atoms with Crippen molar-refractivity contribution in [3.8, 4) is 0 Å². The average Bonchev–Trinajstić information content (AvgIpc) is 2.39. The maximum atomic E-state index is 11.9. The molecule has 0 bridgehead atoms. The topological polar surface area (TPSA) is 79.5 Å². The predicted octanol–water partition coefficient (Wildman–Crippen LogP) is 0.0812. The number of nitrogens with two attached hydrogens (primary N) is 1. The Bertz CT molecular complexity index is 542. The third kappa shape index (κ3) is 2.38. The number of anilines is 1. The van der Waals surface area contributed by atoms with Crippen LogP contribution in [-0.4, -0.2) is 46.7 Å². The van der Waals surface area contributed by atoms with Gasteiger partial charge in [0.2, 0.25) is 0 Å². The van der Waals surface area contributed by atoms with E-state index < -0.39 is 11.8 Å². The van der Waals surface area contributed by atoms with Gasteiger partial charge in [0.15, 0.2) is 0 Å². The molecule has 1 aromatic rings. The predicted molar refractivity (Wildman–Crippen MR) is 71.2 cm³/mol. The maximum Gasteiger partial charge on any atom is 0.312 e. The number of amides is 2. The zero-order valence-corrected chi connectivity index (χ0v) is 11.4. The van der Waals surface area contributed by atoms with E-state index in [0.717, 1.165) is 16.8 Å². The van der Waals surface area contributed by atoms with E-state index in [4.69, 9.17) is 5.73 Å². The van der Waals surface area contributed by atoms with Crippen molar-refractivity contribution in [3.63, 3.8) is 0 Å². The first-order chi connectivity index (χ1) is 8.91. The maximum absolute atomic E-state index is 11.9. The summed E-state index contributed by atoms with van der Waals surface area (Å²) in [4.78, 5) is 30.8. The molecule has 2 rings (SSSR count). The Morgan fingerprint density at radius 2 is 1.95 bits per heavy atom. The number of carbonyl (C=O) groups is 2. The van der Waals surface area contributed by atoms with Gasteiger partial charge in [0.25, 0.3) is 0 Å². The number of hydrogen-bond donors (Lipinski definition) is 1. The van der Waals surface area contributed by atoms with E-state index in [2.05, 4.69) is 4.98 Å². The van der Waals surface area contributed by atoms with E-state index in [-0.39, 0.29) is 0 Å². The summed E-state index contributed by atoms with van der Waals surface area (Å²) in [6.07, 6.45) is 1.69. The molecule has 2 amide bonds. The number of likely N-dealkylation sites (N-methyl/N-ethyl adjacent to an activating group) is 1. The highest BCUT2D eigenvalue weighted by Crippen LogP contribution is 2.19. The lowest BCUT2D eigenvalue weighted by Crippen LogP contribution is -2.52. The molecule has 0 unspecified atom stereocenters. The first-order valence-electron chi connectivity index (χ1n) is 6.16. The lowest BCUT2D eigenvalue weighted by Gasteiger charge is -2.31. The van der Waals surface area contributed by atoms with Gasteiger partial charge < -0.3 is 15.5 Å². The van der Waals surface area contributed by atoms with Gasteiger partial charge in [0.05, 0.1) is 12.2 Å². The van der Waals surface area contributed by atoms with Gasteiger partial charge in [0.1, 0.15) is 0 Å². The third-order valence-corrected chi connectivity index (χ3v) is 3.54. The molecule has 6 heteroatoms. The van der Waals surface area contributed by atoms with Crippen molar-refractivity contribution >= 4 is 17.5 Å². The minimum Gasteiger partial charge on any atom is -0.398 e. The molecule has 1 aromatic heterocycles. The summed E-state index contributed by atoms with van der Waals surface area (Å²) in [7, 11) is 1.63. The number of carbonyl (C=O) groups excluding carboxylic acids is 2. The minimum absolute atomic E-state index is 0.328. The second-order valence-electron chi connectivity index (χ2n) is 4.88. The van der Waals surface area contributed by atoms with Crippen molar-refractivity contribution in [2.75, 3.05) is 25.9 Å². The van der Waals surface area contributed by atoms with Crippen LogP contribution in [0.15, 0.2) is 6.20 Å².